The largest absolute Gasteiger partial charge is 0.497 e. The Balaban J connectivity index is 1.75. The number of methoxy groups -OCH3 is 1. The summed E-state index contributed by atoms with van der Waals surface area (Å²) in [6.07, 6.45) is 5.51. The van der Waals surface area contributed by atoms with Gasteiger partial charge < -0.3 is 4.74 Å². The Morgan fingerprint density at radius 3 is 2.38 bits per heavy atom. The second kappa shape index (κ2) is 6.89. The van der Waals surface area contributed by atoms with Crippen molar-refractivity contribution in [1.29, 1.82) is 0 Å². The number of aromatic nitrogens is 3. The Morgan fingerprint density at radius 1 is 1.10 bits per heavy atom. The number of unbranched alkanes of at least 4 members (excludes halogenated alkanes) is 1. The monoisotopic (exact) mass is 303 g/mol. The van der Waals surface area contributed by atoms with Crippen molar-refractivity contribution in [3.63, 3.8) is 0 Å². The molecule has 0 spiro atoms. The van der Waals surface area contributed by atoms with E-state index in [4.69, 9.17) is 4.74 Å². The molecule has 0 atom stereocenters. The summed E-state index contributed by atoms with van der Waals surface area (Å²) in [5, 5.41) is 9.73. The van der Waals surface area contributed by atoms with E-state index in [9.17, 15) is 0 Å². The number of hydrogen-bond donors (Lipinski definition) is 0. The van der Waals surface area contributed by atoms with E-state index in [2.05, 4.69) is 48.3 Å². The molecule has 0 aliphatic heterocycles. The van der Waals surface area contributed by atoms with Crippen LogP contribution < -0.4 is 10.1 Å². The van der Waals surface area contributed by atoms with E-state index < -0.39 is 8.07 Å². The minimum Gasteiger partial charge on any atom is -0.497 e. The first kappa shape index (κ1) is 15.8. The summed E-state index contributed by atoms with van der Waals surface area (Å²) in [6, 6.07) is 8.31. The smallest absolute Gasteiger partial charge is 0.118 e. The highest BCUT2D eigenvalue weighted by molar-refractivity contribution is 6.88. The van der Waals surface area contributed by atoms with E-state index in [0.717, 1.165) is 31.6 Å². The van der Waals surface area contributed by atoms with Gasteiger partial charge in [0.1, 0.15) is 13.8 Å². The van der Waals surface area contributed by atoms with Gasteiger partial charge >= 0.3 is 0 Å². The van der Waals surface area contributed by atoms with E-state index >= 15 is 0 Å². The third-order valence-corrected chi connectivity index (χ3v) is 5.33. The molecule has 21 heavy (non-hydrogen) atoms. The molecule has 4 nitrogen and oxygen atoms in total. The van der Waals surface area contributed by atoms with Crippen LogP contribution >= 0.6 is 0 Å². The summed E-state index contributed by atoms with van der Waals surface area (Å²) in [6.45, 7) is 7.84. The van der Waals surface area contributed by atoms with Gasteiger partial charge in [-0.05, 0) is 37.0 Å². The van der Waals surface area contributed by atoms with Crippen LogP contribution in [0.2, 0.25) is 19.6 Å². The maximum absolute atomic E-state index is 5.17. The van der Waals surface area contributed by atoms with Crippen LogP contribution in [0.3, 0.4) is 0 Å². The molecule has 2 aromatic rings. The second-order valence-corrected chi connectivity index (χ2v) is 11.4. The third kappa shape index (κ3) is 4.70. The summed E-state index contributed by atoms with van der Waals surface area (Å²) in [5.41, 5.74) is 1.36. The van der Waals surface area contributed by atoms with Gasteiger partial charge in [0.25, 0.3) is 0 Å². The van der Waals surface area contributed by atoms with Crippen molar-refractivity contribution in [2.75, 3.05) is 7.11 Å². The fourth-order valence-corrected chi connectivity index (χ4v) is 3.03. The second-order valence-electron chi connectivity index (χ2n) is 6.42. The molecule has 0 unspecified atom stereocenters. The molecule has 0 saturated heterocycles. The Kier molecular flexibility index (Phi) is 5.17. The molecule has 0 amide bonds. The first-order chi connectivity index (χ1) is 9.99. The van der Waals surface area contributed by atoms with Gasteiger partial charge in [-0.1, -0.05) is 37.0 Å². The van der Waals surface area contributed by atoms with Crippen LogP contribution in [0.25, 0.3) is 0 Å². The van der Waals surface area contributed by atoms with Crippen LogP contribution in [-0.2, 0) is 13.0 Å². The van der Waals surface area contributed by atoms with Gasteiger partial charge in [-0.3, -0.25) is 4.68 Å². The van der Waals surface area contributed by atoms with Gasteiger partial charge in [-0.25, -0.2) is 0 Å². The number of nitrogens with zero attached hydrogens (tertiary/aromatic N) is 3. The zero-order chi connectivity index (χ0) is 15.3. The summed E-state index contributed by atoms with van der Waals surface area (Å²) >= 11 is 0. The zero-order valence-electron chi connectivity index (χ0n) is 13.5. The van der Waals surface area contributed by atoms with Crippen molar-refractivity contribution in [2.45, 2.75) is 45.4 Å². The van der Waals surface area contributed by atoms with Crippen molar-refractivity contribution >= 4 is 13.4 Å². The maximum Gasteiger partial charge on any atom is 0.118 e. The average Bonchev–Trinajstić information content (AvgIpc) is 2.93. The van der Waals surface area contributed by atoms with E-state index in [1.165, 1.54) is 10.9 Å². The molecular formula is C16H25N3OSi. The molecule has 1 heterocycles. The highest BCUT2D eigenvalue weighted by Gasteiger charge is 2.20. The van der Waals surface area contributed by atoms with Crippen molar-refractivity contribution in [3.8, 4) is 5.75 Å². The van der Waals surface area contributed by atoms with E-state index in [0.29, 0.717) is 0 Å². The highest BCUT2D eigenvalue weighted by atomic mass is 28.3. The van der Waals surface area contributed by atoms with Gasteiger partial charge in [-0.2, -0.15) is 0 Å². The predicted molar refractivity (Wildman–Crippen MR) is 88.9 cm³/mol. The molecule has 0 aliphatic carbocycles. The van der Waals surface area contributed by atoms with Crippen molar-refractivity contribution in [3.05, 3.63) is 36.0 Å². The van der Waals surface area contributed by atoms with Gasteiger partial charge in [-0.15, -0.1) is 5.10 Å². The van der Waals surface area contributed by atoms with Gasteiger partial charge in [0.05, 0.1) is 12.4 Å². The molecule has 0 saturated carbocycles. The van der Waals surface area contributed by atoms with Gasteiger partial charge in [0.2, 0.25) is 0 Å². The Morgan fingerprint density at radius 2 is 1.81 bits per heavy atom. The van der Waals surface area contributed by atoms with E-state index in [1.54, 1.807) is 7.11 Å². The van der Waals surface area contributed by atoms with E-state index in [-0.39, 0.29) is 0 Å². The van der Waals surface area contributed by atoms with Crippen molar-refractivity contribution < 1.29 is 4.74 Å². The lowest BCUT2D eigenvalue weighted by Gasteiger charge is -2.09. The van der Waals surface area contributed by atoms with Gasteiger partial charge in [0, 0.05) is 12.7 Å². The van der Waals surface area contributed by atoms with Crippen LogP contribution in [-0.4, -0.2) is 30.2 Å². The lowest BCUT2D eigenvalue weighted by atomic mass is 10.1. The lowest BCUT2D eigenvalue weighted by molar-refractivity contribution is 0.414. The van der Waals surface area contributed by atoms with E-state index in [1.807, 2.05) is 16.8 Å². The maximum atomic E-state index is 5.17. The number of hydrogen-bond acceptors (Lipinski definition) is 3. The molecule has 5 heteroatoms. The molecular weight excluding hydrogens is 278 g/mol. The standard InChI is InChI=1S/C16H25N3OSi/c1-20-15-10-8-14(9-11-15)7-5-6-12-19-13-16(17-18-19)21(2,3)4/h8-11,13H,5-7,12H2,1-4H3. The predicted octanol–water partition coefficient (Wildman–Crippen LogP) is 2.85. The van der Waals surface area contributed by atoms with Crippen molar-refractivity contribution in [2.24, 2.45) is 0 Å². The number of rotatable bonds is 7. The third-order valence-electron chi connectivity index (χ3n) is 3.57. The molecule has 1 aromatic carbocycles. The normalized spacial score (nSPS) is 11.6. The fraction of sp³-hybridized carbons (Fsp3) is 0.500. The first-order valence-electron chi connectivity index (χ1n) is 7.52. The first-order valence-corrected chi connectivity index (χ1v) is 11.0. The zero-order valence-corrected chi connectivity index (χ0v) is 14.5. The molecule has 1 aromatic heterocycles. The van der Waals surface area contributed by atoms with Crippen LogP contribution in [0, 0.1) is 0 Å². The Hall–Kier alpha value is -1.62. The Labute approximate surface area is 128 Å². The molecule has 114 valence electrons. The summed E-state index contributed by atoms with van der Waals surface area (Å²) in [7, 11) is 0.368. The minimum atomic E-state index is -1.33. The minimum absolute atomic E-state index is 0.917. The molecule has 0 aliphatic rings. The average molecular weight is 303 g/mol. The quantitative estimate of drug-likeness (QED) is 0.583. The van der Waals surface area contributed by atoms with Crippen LogP contribution in [0.4, 0.5) is 0 Å². The summed E-state index contributed by atoms with van der Waals surface area (Å²) in [5.74, 6) is 0.917. The topological polar surface area (TPSA) is 39.9 Å². The van der Waals surface area contributed by atoms with Crippen LogP contribution in [0.1, 0.15) is 18.4 Å². The fourth-order valence-electron chi connectivity index (χ4n) is 2.15. The van der Waals surface area contributed by atoms with Crippen LogP contribution in [0.5, 0.6) is 5.75 Å². The van der Waals surface area contributed by atoms with Crippen molar-refractivity contribution in [1.82, 2.24) is 15.0 Å². The number of aryl methyl sites for hydroxylation is 2. The molecule has 0 bridgehead atoms. The molecule has 0 N–H and O–H groups in total. The van der Waals surface area contributed by atoms with Crippen LogP contribution in [0.15, 0.2) is 30.5 Å². The molecule has 2 rings (SSSR count). The highest BCUT2D eigenvalue weighted by Crippen LogP contribution is 2.13. The summed E-state index contributed by atoms with van der Waals surface area (Å²) < 4.78 is 7.15. The van der Waals surface area contributed by atoms with Gasteiger partial charge in [0.15, 0.2) is 0 Å². The number of benzene rings is 1. The SMILES string of the molecule is COc1ccc(CCCCn2cc([Si](C)(C)C)nn2)cc1. The number of ether oxygens (including phenoxy) is 1. The lowest BCUT2D eigenvalue weighted by Crippen LogP contribution is -2.38. The molecule has 0 fully saturated rings. The Bertz CT molecular complexity index is 558. The molecule has 0 radical (unpaired) electrons. The summed E-state index contributed by atoms with van der Waals surface area (Å²) in [4.78, 5) is 0.